The van der Waals surface area contributed by atoms with Gasteiger partial charge in [0.25, 0.3) is 5.91 Å². The molecule has 1 aromatic heterocycles. The standard InChI is InChI=1S/C13H10F2N2O/c1-8-7-9(14)5-6-10(8)13(18)17-12-4-2-3-11(15)16-12/h2-7H,1H3,(H,16,17,18). The van der Waals surface area contributed by atoms with E-state index in [2.05, 4.69) is 10.3 Å². The summed E-state index contributed by atoms with van der Waals surface area (Å²) in [7, 11) is 0. The second-order valence-corrected chi connectivity index (χ2v) is 3.76. The predicted octanol–water partition coefficient (Wildman–Crippen LogP) is 2.92. The Balaban J connectivity index is 2.22. The van der Waals surface area contributed by atoms with Gasteiger partial charge in [-0.25, -0.2) is 9.37 Å². The number of hydrogen-bond acceptors (Lipinski definition) is 2. The Morgan fingerprint density at radius 2 is 2.00 bits per heavy atom. The molecule has 0 aliphatic heterocycles. The van der Waals surface area contributed by atoms with Gasteiger partial charge in [-0.2, -0.15) is 4.39 Å². The smallest absolute Gasteiger partial charge is 0.257 e. The minimum atomic E-state index is -0.677. The van der Waals surface area contributed by atoms with E-state index in [-0.39, 0.29) is 5.82 Å². The molecule has 0 radical (unpaired) electrons. The zero-order valence-electron chi connectivity index (χ0n) is 9.58. The second-order valence-electron chi connectivity index (χ2n) is 3.76. The van der Waals surface area contributed by atoms with Crippen LogP contribution >= 0.6 is 0 Å². The Kier molecular flexibility index (Phi) is 3.32. The van der Waals surface area contributed by atoms with E-state index in [4.69, 9.17) is 0 Å². The highest BCUT2D eigenvalue weighted by Gasteiger charge is 2.10. The predicted molar refractivity (Wildman–Crippen MR) is 63.3 cm³/mol. The number of carbonyl (C=O) groups excluding carboxylic acids is 1. The molecule has 1 N–H and O–H groups in total. The number of nitrogens with one attached hydrogen (secondary N) is 1. The zero-order valence-corrected chi connectivity index (χ0v) is 9.58. The lowest BCUT2D eigenvalue weighted by molar-refractivity contribution is 0.102. The number of anilines is 1. The van der Waals surface area contributed by atoms with Gasteiger partial charge in [-0.1, -0.05) is 6.07 Å². The van der Waals surface area contributed by atoms with E-state index in [0.717, 1.165) is 0 Å². The van der Waals surface area contributed by atoms with Gasteiger partial charge in [0.2, 0.25) is 5.95 Å². The summed E-state index contributed by atoms with van der Waals surface area (Å²) in [6.07, 6.45) is 0. The van der Waals surface area contributed by atoms with Crippen molar-refractivity contribution in [2.24, 2.45) is 0 Å². The summed E-state index contributed by atoms with van der Waals surface area (Å²) in [4.78, 5) is 15.4. The van der Waals surface area contributed by atoms with Gasteiger partial charge in [0, 0.05) is 5.56 Å². The number of aromatic nitrogens is 1. The van der Waals surface area contributed by atoms with Crippen molar-refractivity contribution in [1.82, 2.24) is 4.98 Å². The number of nitrogens with zero attached hydrogens (tertiary/aromatic N) is 1. The van der Waals surface area contributed by atoms with Gasteiger partial charge in [-0.3, -0.25) is 4.79 Å². The maximum absolute atomic E-state index is 12.9. The molecular weight excluding hydrogens is 238 g/mol. The monoisotopic (exact) mass is 248 g/mol. The average Bonchev–Trinajstić information content (AvgIpc) is 2.28. The minimum absolute atomic E-state index is 0.115. The van der Waals surface area contributed by atoms with Crippen LogP contribution < -0.4 is 5.32 Å². The number of carbonyl (C=O) groups is 1. The molecule has 0 aliphatic rings. The van der Waals surface area contributed by atoms with Gasteiger partial charge in [0.1, 0.15) is 11.6 Å². The van der Waals surface area contributed by atoms with Gasteiger partial charge in [-0.15, -0.1) is 0 Å². The van der Waals surface area contributed by atoms with E-state index in [0.29, 0.717) is 11.1 Å². The molecule has 1 amide bonds. The second kappa shape index (κ2) is 4.91. The molecule has 0 fully saturated rings. The fourth-order valence-electron chi connectivity index (χ4n) is 1.54. The molecule has 0 unspecified atom stereocenters. The lowest BCUT2D eigenvalue weighted by Gasteiger charge is -2.06. The number of amides is 1. The van der Waals surface area contributed by atoms with Crippen molar-refractivity contribution in [2.45, 2.75) is 6.92 Å². The Morgan fingerprint density at radius 3 is 2.67 bits per heavy atom. The molecule has 92 valence electrons. The van der Waals surface area contributed by atoms with E-state index in [1.54, 1.807) is 6.92 Å². The van der Waals surface area contributed by atoms with E-state index >= 15 is 0 Å². The molecule has 5 heteroatoms. The van der Waals surface area contributed by atoms with Gasteiger partial charge >= 0.3 is 0 Å². The molecule has 0 spiro atoms. The molecule has 2 aromatic rings. The van der Waals surface area contributed by atoms with Crippen LogP contribution in [0.4, 0.5) is 14.6 Å². The first-order chi connectivity index (χ1) is 8.56. The van der Waals surface area contributed by atoms with E-state index in [1.165, 1.54) is 36.4 Å². The summed E-state index contributed by atoms with van der Waals surface area (Å²) in [5, 5.41) is 2.45. The highest BCUT2D eigenvalue weighted by molar-refractivity contribution is 6.04. The number of aryl methyl sites for hydroxylation is 1. The lowest BCUT2D eigenvalue weighted by atomic mass is 10.1. The first-order valence-corrected chi connectivity index (χ1v) is 5.26. The van der Waals surface area contributed by atoms with Crippen molar-refractivity contribution in [3.63, 3.8) is 0 Å². The van der Waals surface area contributed by atoms with Crippen LogP contribution in [0.3, 0.4) is 0 Å². The molecule has 0 saturated heterocycles. The molecule has 3 nitrogen and oxygen atoms in total. The molecule has 1 heterocycles. The summed E-state index contributed by atoms with van der Waals surface area (Å²) >= 11 is 0. The van der Waals surface area contributed by atoms with Gasteiger partial charge in [-0.05, 0) is 42.8 Å². The molecule has 0 saturated carbocycles. The third kappa shape index (κ3) is 2.68. The Hall–Kier alpha value is -2.30. The molecular formula is C13H10F2N2O. The lowest BCUT2D eigenvalue weighted by Crippen LogP contribution is -2.14. The average molecular weight is 248 g/mol. The summed E-state index contributed by atoms with van der Waals surface area (Å²) in [6, 6.07) is 7.92. The van der Waals surface area contributed by atoms with Crippen molar-refractivity contribution in [2.75, 3.05) is 5.32 Å². The van der Waals surface area contributed by atoms with Crippen LogP contribution in [0.2, 0.25) is 0 Å². The number of halogens is 2. The number of hydrogen-bond donors (Lipinski definition) is 1. The molecule has 2 rings (SSSR count). The van der Waals surface area contributed by atoms with Crippen LogP contribution in [-0.2, 0) is 0 Å². The maximum atomic E-state index is 12.9. The Morgan fingerprint density at radius 1 is 1.22 bits per heavy atom. The first kappa shape index (κ1) is 12.2. The van der Waals surface area contributed by atoms with Gasteiger partial charge < -0.3 is 5.32 Å². The maximum Gasteiger partial charge on any atom is 0.257 e. The third-order valence-corrected chi connectivity index (χ3v) is 2.39. The fraction of sp³-hybridized carbons (Fsp3) is 0.0769. The van der Waals surface area contributed by atoms with Crippen molar-refractivity contribution in [3.8, 4) is 0 Å². The SMILES string of the molecule is Cc1cc(F)ccc1C(=O)Nc1cccc(F)n1. The highest BCUT2D eigenvalue weighted by atomic mass is 19.1. The van der Waals surface area contributed by atoms with E-state index in [1.807, 2.05) is 0 Å². The van der Waals surface area contributed by atoms with Crippen LogP contribution in [0, 0.1) is 18.7 Å². The summed E-state index contributed by atoms with van der Waals surface area (Å²) in [5.41, 5.74) is 0.825. The summed E-state index contributed by atoms with van der Waals surface area (Å²) in [5.74, 6) is -1.43. The zero-order chi connectivity index (χ0) is 13.1. The molecule has 0 aliphatic carbocycles. The van der Waals surface area contributed by atoms with E-state index < -0.39 is 17.7 Å². The van der Waals surface area contributed by atoms with Crippen LogP contribution in [0.25, 0.3) is 0 Å². The van der Waals surface area contributed by atoms with Crippen LogP contribution in [0.15, 0.2) is 36.4 Å². The number of rotatable bonds is 2. The minimum Gasteiger partial charge on any atom is -0.306 e. The van der Waals surface area contributed by atoms with Crippen LogP contribution in [-0.4, -0.2) is 10.9 Å². The number of benzene rings is 1. The van der Waals surface area contributed by atoms with Gasteiger partial charge in [0.15, 0.2) is 0 Å². The van der Waals surface area contributed by atoms with Crippen molar-refractivity contribution >= 4 is 11.7 Å². The van der Waals surface area contributed by atoms with Gasteiger partial charge in [0.05, 0.1) is 0 Å². The summed E-state index contributed by atoms with van der Waals surface area (Å²) in [6.45, 7) is 1.62. The Bertz CT molecular complexity index is 599. The largest absolute Gasteiger partial charge is 0.306 e. The fourth-order valence-corrected chi connectivity index (χ4v) is 1.54. The van der Waals surface area contributed by atoms with E-state index in [9.17, 15) is 13.6 Å². The highest BCUT2D eigenvalue weighted by Crippen LogP contribution is 2.12. The normalized spacial score (nSPS) is 10.2. The van der Waals surface area contributed by atoms with Crippen molar-refractivity contribution < 1.29 is 13.6 Å². The number of pyridine rings is 1. The molecule has 0 atom stereocenters. The summed E-state index contributed by atoms with van der Waals surface area (Å²) < 4.78 is 25.7. The third-order valence-electron chi connectivity index (χ3n) is 2.39. The molecule has 0 bridgehead atoms. The van der Waals surface area contributed by atoms with Crippen LogP contribution in [0.5, 0.6) is 0 Å². The first-order valence-electron chi connectivity index (χ1n) is 5.26. The van der Waals surface area contributed by atoms with Crippen molar-refractivity contribution in [3.05, 3.63) is 59.3 Å². The topological polar surface area (TPSA) is 42.0 Å². The molecule has 18 heavy (non-hydrogen) atoms. The van der Waals surface area contributed by atoms with Crippen molar-refractivity contribution in [1.29, 1.82) is 0 Å². The van der Waals surface area contributed by atoms with Crippen LogP contribution in [0.1, 0.15) is 15.9 Å². The molecule has 1 aromatic carbocycles. The Labute approximate surface area is 102 Å². The quantitative estimate of drug-likeness (QED) is 0.830.